The summed E-state index contributed by atoms with van der Waals surface area (Å²) in [5, 5.41) is 8.43. The first kappa shape index (κ1) is 17.0. The first-order chi connectivity index (χ1) is 11.9. The second-order valence-electron chi connectivity index (χ2n) is 5.24. The molecule has 0 aliphatic heterocycles. The van der Waals surface area contributed by atoms with Crippen LogP contribution in [0.4, 0.5) is 5.69 Å². The molecular formula is C17H16N2O5S. The topological polar surface area (TPSA) is 112 Å². The number of primary sulfonamides is 1. The Kier molecular flexibility index (Phi) is 4.47. The van der Waals surface area contributed by atoms with Gasteiger partial charge in [0, 0.05) is 11.1 Å². The number of sulfonamides is 1. The van der Waals surface area contributed by atoms with E-state index >= 15 is 0 Å². The molecule has 1 amide bonds. The third-order valence-electron chi connectivity index (χ3n) is 3.47. The van der Waals surface area contributed by atoms with Crippen LogP contribution in [-0.4, -0.2) is 20.9 Å². The minimum atomic E-state index is -3.77. The SMILES string of the molecule is CCOc1cccc2cc(C(=O)Nc3ccc(S(N)(=O)=O)cc3)oc12. The van der Waals surface area contributed by atoms with E-state index < -0.39 is 15.9 Å². The zero-order valence-corrected chi connectivity index (χ0v) is 14.2. The fraction of sp³-hybridized carbons (Fsp3) is 0.118. The molecule has 2 aromatic carbocycles. The van der Waals surface area contributed by atoms with Crippen LogP contribution in [0.5, 0.6) is 5.75 Å². The van der Waals surface area contributed by atoms with Gasteiger partial charge in [0.05, 0.1) is 11.5 Å². The highest BCUT2D eigenvalue weighted by Gasteiger charge is 2.15. The highest BCUT2D eigenvalue weighted by Crippen LogP contribution is 2.29. The van der Waals surface area contributed by atoms with Gasteiger partial charge in [-0.1, -0.05) is 12.1 Å². The predicted octanol–water partition coefficient (Wildman–Crippen LogP) is 2.73. The molecule has 3 rings (SSSR count). The van der Waals surface area contributed by atoms with E-state index in [1.54, 1.807) is 12.1 Å². The van der Waals surface area contributed by atoms with Crippen LogP contribution in [-0.2, 0) is 10.0 Å². The minimum absolute atomic E-state index is 0.0319. The maximum Gasteiger partial charge on any atom is 0.291 e. The number of nitrogens with one attached hydrogen (secondary N) is 1. The smallest absolute Gasteiger partial charge is 0.291 e. The third kappa shape index (κ3) is 3.65. The number of hydrogen-bond acceptors (Lipinski definition) is 5. The molecule has 0 radical (unpaired) electrons. The molecule has 0 saturated carbocycles. The molecule has 0 atom stereocenters. The van der Waals surface area contributed by atoms with Gasteiger partial charge < -0.3 is 14.5 Å². The van der Waals surface area contributed by atoms with Gasteiger partial charge in [0.2, 0.25) is 10.0 Å². The Morgan fingerprint density at radius 2 is 1.92 bits per heavy atom. The second-order valence-corrected chi connectivity index (χ2v) is 6.80. The molecule has 7 nitrogen and oxygen atoms in total. The van der Waals surface area contributed by atoms with Crippen molar-refractivity contribution in [1.82, 2.24) is 0 Å². The fourth-order valence-corrected chi connectivity index (χ4v) is 2.85. The van der Waals surface area contributed by atoms with E-state index in [9.17, 15) is 13.2 Å². The Bertz CT molecular complexity index is 1020. The summed E-state index contributed by atoms with van der Waals surface area (Å²) in [5.41, 5.74) is 0.918. The highest BCUT2D eigenvalue weighted by molar-refractivity contribution is 7.89. The molecule has 0 fully saturated rings. The normalized spacial score (nSPS) is 11.4. The number of furan rings is 1. The lowest BCUT2D eigenvalue weighted by molar-refractivity contribution is 0.0998. The molecule has 8 heteroatoms. The molecule has 0 bridgehead atoms. The van der Waals surface area contributed by atoms with Crippen molar-refractivity contribution in [3.05, 3.63) is 54.3 Å². The Morgan fingerprint density at radius 3 is 2.56 bits per heavy atom. The van der Waals surface area contributed by atoms with Crippen molar-refractivity contribution in [2.24, 2.45) is 5.14 Å². The van der Waals surface area contributed by atoms with Crippen molar-refractivity contribution in [2.45, 2.75) is 11.8 Å². The van der Waals surface area contributed by atoms with E-state index in [4.69, 9.17) is 14.3 Å². The van der Waals surface area contributed by atoms with Gasteiger partial charge in [0.25, 0.3) is 5.91 Å². The van der Waals surface area contributed by atoms with Crippen LogP contribution < -0.4 is 15.2 Å². The van der Waals surface area contributed by atoms with Crippen molar-refractivity contribution in [2.75, 3.05) is 11.9 Å². The summed E-state index contributed by atoms with van der Waals surface area (Å²) in [6.07, 6.45) is 0. The fourth-order valence-electron chi connectivity index (χ4n) is 2.34. The number of anilines is 1. The lowest BCUT2D eigenvalue weighted by atomic mass is 10.2. The number of nitrogens with two attached hydrogens (primary N) is 1. The van der Waals surface area contributed by atoms with Crippen LogP contribution in [0, 0.1) is 0 Å². The molecule has 0 aliphatic carbocycles. The number of rotatable bonds is 5. The van der Waals surface area contributed by atoms with E-state index in [-0.39, 0.29) is 10.7 Å². The van der Waals surface area contributed by atoms with Crippen molar-refractivity contribution in [1.29, 1.82) is 0 Å². The van der Waals surface area contributed by atoms with Gasteiger partial charge >= 0.3 is 0 Å². The lowest BCUT2D eigenvalue weighted by Crippen LogP contribution is -2.13. The van der Waals surface area contributed by atoms with E-state index in [1.165, 1.54) is 24.3 Å². The van der Waals surface area contributed by atoms with E-state index in [0.717, 1.165) is 5.39 Å². The van der Waals surface area contributed by atoms with Crippen molar-refractivity contribution >= 4 is 32.6 Å². The molecule has 1 aromatic heterocycles. The first-order valence-corrected chi connectivity index (χ1v) is 9.02. The Labute approximate surface area is 144 Å². The Balaban J connectivity index is 1.84. The summed E-state index contributed by atoms with van der Waals surface area (Å²) in [6.45, 7) is 2.35. The van der Waals surface area contributed by atoms with Crippen LogP contribution in [0.3, 0.4) is 0 Å². The maximum atomic E-state index is 12.3. The first-order valence-electron chi connectivity index (χ1n) is 7.48. The van der Waals surface area contributed by atoms with Crippen LogP contribution in [0.25, 0.3) is 11.0 Å². The van der Waals surface area contributed by atoms with E-state index in [1.807, 2.05) is 19.1 Å². The number of hydrogen-bond donors (Lipinski definition) is 2. The summed E-state index contributed by atoms with van der Waals surface area (Å²) >= 11 is 0. The number of fused-ring (bicyclic) bond motifs is 1. The molecule has 0 spiro atoms. The van der Waals surface area contributed by atoms with Gasteiger partial charge in [-0.15, -0.1) is 0 Å². The third-order valence-corrected chi connectivity index (χ3v) is 4.40. The molecule has 1 heterocycles. The standard InChI is InChI=1S/C17H16N2O5S/c1-2-23-14-5-3-4-11-10-15(24-16(11)14)17(20)19-12-6-8-13(9-7-12)25(18,21)22/h3-10H,2H2,1H3,(H,19,20)(H2,18,21,22). The molecular weight excluding hydrogens is 344 g/mol. The average Bonchev–Trinajstić information content (AvgIpc) is 3.00. The summed E-state index contributed by atoms with van der Waals surface area (Å²) in [6, 6.07) is 12.6. The summed E-state index contributed by atoms with van der Waals surface area (Å²) < 4.78 is 33.6. The van der Waals surface area contributed by atoms with Crippen LogP contribution in [0.2, 0.25) is 0 Å². The quantitative estimate of drug-likeness (QED) is 0.726. The molecule has 130 valence electrons. The Hall–Kier alpha value is -2.84. The summed E-state index contributed by atoms with van der Waals surface area (Å²) in [7, 11) is -3.77. The number of amides is 1. The monoisotopic (exact) mass is 360 g/mol. The van der Waals surface area contributed by atoms with Crippen molar-refractivity contribution in [3.8, 4) is 5.75 Å². The molecule has 3 N–H and O–H groups in total. The average molecular weight is 360 g/mol. The van der Waals surface area contributed by atoms with E-state index in [0.29, 0.717) is 23.6 Å². The van der Waals surface area contributed by atoms with Gasteiger partial charge in [-0.3, -0.25) is 4.79 Å². The number of para-hydroxylation sites is 1. The second kappa shape index (κ2) is 6.58. The highest BCUT2D eigenvalue weighted by atomic mass is 32.2. The minimum Gasteiger partial charge on any atom is -0.490 e. The Morgan fingerprint density at radius 1 is 1.20 bits per heavy atom. The molecule has 0 unspecified atom stereocenters. The molecule has 25 heavy (non-hydrogen) atoms. The van der Waals surface area contributed by atoms with Gasteiger partial charge in [-0.25, -0.2) is 13.6 Å². The largest absolute Gasteiger partial charge is 0.490 e. The number of ether oxygens (including phenoxy) is 1. The maximum absolute atomic E-state index is 12.3. The van der Waals surface area contributed by atoms with Crippen LogP contribution in [0.15, 0.2) is 57.8 Å². The summed E-state index contributed by atoms with van der Waals surface area (Å²) in [4.78, 5) is 12.3. The number of carbonyl (C=O) groups excluding carboxylic acids is 1. The van der Waals surface area contributed by atoms with Crippen molar-refractivity contribution < 1.29 is 22.4 Å². The number of benzene rings is 2. The van der Waals surface area contributed by atoms with Gasteiger partial charge in [-0.2, -0.15) is 0 Å². The van der Waals surface area contributed by atoms with Crippen LogP contribution in [0.1, 0.15) is 17.5 Å². The van der Waals surface area contributed by atoms with E-state index in [2.05, 4.69) is 5.32 Å². The zero-order chi connectivity index (χ0) is 18.0. The van der Waals surface area contributed by atoms with Gasteiger partial charge in [0.15, 0.2) is 17.1 Å². The van der Waals surface area contributed by atoms with Crippen molar-refractivity contribution in [3.63, 3.8) is 0 Å². The lowest BCUT2D eigenvalue weighted by Gasteiger charge is -2.04. The molecule has 0 saturated heterocycles. The molecule has 3 aromatic rings. The summed E-state index contributed by atoms with van der Waals surface area (Å²) in [5.74, 6) is 0.233. The van der Waals surface area contributed by atoms with Crippen LogP contribution >= 0.6 is 0 Å². The van der Waals surface area contributed by atoms with Gasteiger partial charge in [0.1, 0.15) is 0 Å². The number of carbonyl (C=O) groups is 1. The molecule has 0 aliphatic rings. The predicted molar refractivity (Wildman–Crippen MR) is 93.2 cm³/mol. The van der Waals surface area contributed by atoms with Gasteiger partial charge in [-0.05, 0) is 43.3 Å². The zero-order valence-electron chi connectivity index (χ0n) is 13.4.